The molecule has 2 aliphatic heterocycles. The highest BCUT2D eigenvalue weighted by atomic mass is 16.5. The fourth-order valence-electron chi connectivity index (χ4n) is 4.07. The van der Waals surface area contributed by atoms with Crippen molar-refractivity contribution in [3.63, 3.8) is 0 Å². The number of ether oxygens (including phenoxy) is 1. The number of hydrogen-bond donors (Lipinski definition) is 2. The summed E-state index contributed by atoms with van der Waals surface area (Å²) in [6.07, 6.45) is 0.760. The Hall–Kier alpha value is -3.28. The lowest BCUT2D eigenvalue weighted by Crippen LogP contribution is -2.47. The average molecular weight is 390 g/mol. The number of hydrogen-bond acceptors (Lipinski definition) is 4. The number of carbonyl (C=O) groups is 1. The summed E-state index contributed by atoms with van der Waals surface area (Å²) in [7, 11) is 1.67. The molecule has 0 fully saturated rings. The van der Waals surface area contributed by atoms with E-state index in [9.17, 15) is 4.79 Å². The van der Waals surface area contributed by atoms with Crippen LogP contribution in [-0.2, 0) is 0 Å². The molecule has 2 aromatic carbocycles. The van der Waals surface area contributed by atoms with Gasteiger partial charge in [-0.15, -0.1) is 0 Å². The predicted molar refractivity (Wildman–Crippen MR) is 114 cm³/mol. The molecule has 0 radical (unpaired) electrons. The summed E-state index contributed by atoms with van der Waals surface area (Å²) < 4.78 is 5.26. The second kappa shape index (κ2) is 7.99. The summed E-state index contributed by atoms with van der Waals surface area (Å²) in [6, 6.07) is 17.9. The van der Waals surface area contributed by atoms with Crippen LogP contribution in [0.5, 0.6) is 5.75 Å². The van der Waals surface area contributed by atoms with Crippen LogP contribution in [0.2, 0.25) is 0 Å². The first-order valence-corrected chi connectivity index (χ1v) is 9.92. The lowest BCUT2D eigenvalue weighted by molar-refractivity contribution is 0.205. The second-order valence-corrected chi connectivity index (χ2v) is 7.25. The molecule has 2 unspecified atom stereocenters. The van der Waals surface area contributed by atoms with Gasteiger partial charge in [-0.05, 0) is 37.1 Å². The molecule has 6 nitrogen and oxygen atoms in total. The van der Waals surface area contributed by atoms with Crippen LogP contribution < -0.4 is 15.5 Å². The van der Waals surface area contributed by atoms with E-state index in [-0.39, 0.29) is 18.1 Å². The van der Waals surface area contributed by atoms with Crippen LogP contribution in [0.3, 0.4) is 0 Å². The summed E-state index contributed by atoms with van der Waals surface area (Å²) in [5, 5.41) is 7.84. The molecule has 0 saturated carbocycles. The van der Waals surface area contributed by atoms with Gasteiger partial charge in [-0.25, -0.2) is 4.79 Å². The molecule has 150 valence electrons. The molecule has 0 saturated heterocycles. The maximum atomic E-state index is 12.6. The van der Waals surface area contributed by atoms with Crippen LogP contribution in [0.25, 0.3) is 0 Å². The van der Waals surface area contributed by atoms with E-state index in [1.807, 2.05) is 56.3 Å². The first kappa shape index (κ1) is 19.1. The van der Waals surface area contributed by atoms with Crippen molar-refractivity contribution in [1.29, 1.82) is 0 Å². The zero-order chi connectivity index (χ0) is 20.4. The van der Waals surface area contributed by atoms with Crippen molar-refractivity contribution in [3.05, 3.63) is 77.0 Å². The third-order valence-electron chi connectivity index (χ3n) is 5.63. The molecule has 0 aliphatic carbocycles. The topological polar surface area (TPSA) is 66.0 Å². The Labute approximate surface area is 171 Å². The van der Waals surface area contributed by atoms with Crippen LogP contribution in [-0.4, -0.2) is 30.3 Å². The molecule has 4 rings (SSSR count). The number of amides is 2. The van der Waals surface area contributed by atoms with E-state index in [0.717, 1.165) is 40.3 Å². The summed E-state index contributed by atoms with van der Waals surface area (Å²) in [4.78, 5) is 14.4. The Morgan fingerprint density at radius 3 is 2.48 bits per heavy atom. The van der Waals surface area contributed by atoms with Crippen molar-refractivity contribution in [2.75, 3.05) is 13.7 Å². The first-order valence-electron chi connectivity index (χ1n) is 9.92. The molecule has 0 bridgehead atoms. The highest BCUT2D eigenvalue weighted by Crippen LogP contribution is 2.35. The Kier molecular flexibility index (Phi) is 5.25. The summed E-state index contributed by atoms with van der Waals surface area (Å²) in [6.45, 7) is 4.61. The number of urea groups is 1. The van der Waals surface area contributed by atoms with Gasteiger partial charge in [0.15, 0.2) is 0 Å². The molecular formula is C23H26N4O2. The van der Waals surface area contributed by atoms with Gasteiger partial charge in [-0.2, -0.15) is 5.10 Å². The number of nitrogens with one attached hydrogen (secondary N) is 2. The van der Waals surface area contributed by atoms with Crippen molar-refractivity contribution in [2.45, 2.75) is 32.4 Å². The maximum absolute atomic E-state index is 12.6. The SMILES string of the molecule is CCN1C(=O)NC(c2ccccc2)C(C2=NNC(c3ccc(OC)cc3)C2)=C1C. The molecule has 2 amide bonds. The van der Waals surface area contributed by atoms with E-state index in [2.05, 4.69) is 28.0 Å². The molecule has 2 heterocycles. The molecular weight excluding hydrogens is 364 g/mol. The zero-order valence-corrected chi connectivity index (χ0v) is 17.0. The van der Waals surface area contributed by atoms with Crippen molar-refractivity contribution in [1.82, 2.24) is 15.6 Å². The van der Waals surface area contributed by atoms with Crippen LogP contribution in [0.1, 0.15) is 43.5 Å². The van der Waals surface area contributed by atoms with E-state index >= 15 is 0 Å². The van der Waals surface area contributed by atoms with Gasteiger partial charge in [-0.3, -0.25) is 4.90 Å². The lowest BCUT2D eigenvalue weighted by atomic mass is 9.88. The number of hydrazone groups is 1. The van der Waals surface area contributed by atoms with E-state index in [1.54, 1.807) is 12.0 Å². The van der Waals surface area contributed by atoms with Gasteiger partial charge in [0.2, 0.25) is 0 Å². The van der Waals surface area contributed by atoms with Gasteiger partial charge in [0.25, 0.3) is 0 Å². The molecule has 0 spiro atoms. The van der Waals surface area contributed by atoms with E-state index in [0.29, 0.717) is 6.54 Å². The van der Waals surface area contributed by atoms with Gasteiger partial charge < -0.3 is 15.5 Å². The van der Waals surface area contributed by atoms with Gasteiger partial charge >= 0.3 is 6.03 Å². The minimum Gasteiger partial charge on any atom is -0.497 e. The largest absolute Gasteiger partial charge is 0.497 e. The van der Waals surface area contributed by atoms with Crippen molar-refractivity contribution in [2.24, 2.45) is 5.10 Å². The van der Waals surface area contributed by atoms with Crippen LogP contribution in [0.4, 0.5) is 4.79 Å². The highest BCUT2D eigenvalue weighted by Gasteiger charge is 2.36. The van der Waals surface area contributed by atoms with E-state index < -0.39 is 0 Å². The lowest BCUT2D eigenvalue weighted by Gasteiger charge is -2.36. The Bertz CT molecular complexity index is 951. The van der Waals surface area contributed by atoms with Crippen molar-refractivity contribution >= 4 is 11.7 Å². The minimum atomic E-state index is -0.207. The van der Waals surface area contributed by atoms with E-state index in [4.69, 9.17) is 4.74 Å². The zero-order valence-electron chi connectivity index (χ0n) is 17.0. The molecule has 29 heavy (non-hydrogen) atoms. The van der Waals surface area contributed by atoms with Gasteiger partial charge in [-0.1, -0.05) is 42.5 Å². The summed E-state index contributed by atoms with van der Waals surface area (Å²) in [5.74, 6) is 0.837. The molecule has 2 N–H and O–H groups in total. The maximum Gasteiger partial charge on any atom is 0.322 e. The number of methoxy groups -OCH3 is 1. The van der Waals surface area contributed by atoms with Crippen LogP contribution in [0, 0.1) is 0 Å². The quantitative estimate of drug-likeness (QED) is 0.806. The fourth-order valence-corrected chi connectivity index (χ4v) is 4.07. The van der Waals surface area contributed by atoms with Gasteiger partial charge in [0.05, 0.1) is 24.9 Å². The molecule has 6 heteroatoms. The smallest absolute Gasteiger partial charge is 0.322 e. The molecule has 2 atom stereocenters. The standard InChI is InChI=1S/C23H26N4O2/c1-4-27-15(2)21(22(24-23(27)28)17-8-6-5-7-9-17)20-14-19(25-26-20)16-10-12-18(29-3)13-11-16/h5-13,19,22,25H,4,14H2,1-3H3,(H,24,28). The second-order valence-electron chi connectivity index (χ2n) is 7.25. The Balaban J connectivity index is 1.66. The first-order chi connectivity index (χ1) is 14.1. The number of rotatable bonds is 5. The predicted octanol–water partition coefficient (Wildman–Crippen LogP) is 4.15. The normalized spacial score (nSPS) is 21.6. The number of allylic oxidation sites excluding steroid dienone is 1. The summed E-state index contributed by atoms with van der Waals surface area (Å²) in [5.41, 5.74) is 8.50. The molecule has 0 aromatic heterocycles. The van der Waals surface area contributed by atoms with Gasteiger partial charge in [0, 0.05) is 24.2 Å². The number of nitrogens with zero attached hydrogens (tertiary/aromatic N) is 2. The van der Waals surface area contributed by atoms with Gasteiger partial charge in [0.1, 0.15) is 5.75 Å². The minimum absolute atomic E-state index is 0.0686. The Morgan fingerprint density at radius 2 is 1.83 bits per heavy atom. The number of carbonyl (C=O) groups excluding carboxylic acids is 1. The van der Waals surface area contributed by atoms with Crippen LogP contribution in [0.15, 0.2) is 71.0 Å². The summed E-state index contributed by atoms with van der Waals surface area (Å²) >= 11 is 0. The number of benzene rings is 2. The third kappa shape index (κ3) is 3.58. The monoisotopic (exact) mass is 390 g/mol. The Morgan fingerprint density at radius 1 is 1.10 bits per heavy atom. The molecule has 2 aliphatic rings. The molecule has 2 aromatic rings. The third-order valence-corrected chi connectivity index (χ3v) is 5.63. The fraction of sp³-hybridized carbons (Fsp3) is 0.304. The van der Waals surface area contributed by atoms with Crippen molar-refractivity contribution in [3.8, 4) is 5.75 Å². The highest BCUT2D eigenvalue weighted by molar-refractivity contribution is 6.05. The average Bonchev–Trinajstić information content (AvgIpc) is 3.24. The van der Waals surface area contributed by atoms with E-state index in [1.165, 1.54) is 0 Å². The van der Waals surface area contributed by atoms with Crippen molar-refractivity contribution < 1.29 is 9.53 Å². The van der Waals surface area contributed by atoms with Crippen LogP contribution >= 0.6 is 0 Å².